The Morgan fingerprint density at radius 2 is 1.25 bits per heavy atom. The summed E-state index contributed by atoms with van der Waals surface area (Å²) in [6.07, 6.45) is 0. The van der Waals surface area contributed by atoms with Crippen LogP contribution in [0.25, 0.3) is 34.0 Å². The molecule has 8 rings (SSSR count). The summed E-state index contributed by atoms with van der Waals surface area (Å²) < 4.78 is 9.00. The number of hydrogen-bond acceptors (Lipinski definition) is 16. The number of nitrogen functional groups attached to an aromatic ring is 2. The fraction of sp³-hybridized carbons (Fsp3) is 0.0571. The Balaban J connectivity index is 1.13. The maximum Gasteiger partial charge on any atom is 0.343 e. The molecule has 262 valence electrons. The molecule has 0 unspecified atom stereocenters. The molecular weight excluding hydrogens is 680 g/mol. The molecule has 0 radical (unpaired) electrons. The number of carbonyl (C=O) groups is 1. The number of benzene rings is 4. The number of hydrogen-bond donors (Lipinski definition) is 6. The molecule has 4 aromatic carbocycles. The molecule has 18 nitrogen and oxygen atoms in total. The van der Waals surface area contributed by atoms with Crippen LogP contribution in [0.4, 0.5) is 35.2 Å². The highest BCUT2D eigenvalue weighted by Crippen LogP contribution is 2.32. The number of aryl methyl sites for hydroxylation is 2. The molecule has 8 N–H and O–H groups in total. The maximum absolute atomic E-state index is 13.6. The molecular formula is C35H28N14O4. The summed E-state index contributed by atoms with van der Waals surface area (Å²) in [7, 11) is 0. The van der Waals surface area contributed by atoms with Gasteiger partial charge in [0.05, 0.1) is 27.6 Å². The molecule has 8 aromatic rings. The number of carbonyl (C=O) groups excluding carboxylic acids is 1. The molecule has 0 atom stereocenters. The van der Waals surface area contributed by atoms with E-state index in [2.05, 4.69) is 45.5 Å². The Labute approximate surface area is 298 Å². The zero-order valence-corrected chi connectivity index (χ0v) is 27.9. The van der Waals surface area contributed by atoms with Crippen LogP contribution in [0.3, 0.4) is 0 Å². The number of fused-ring (bicyclic) bond motifs is 2. The number of phenols is 2. The molecule has 0 spiro atoms. The Kier molecular flexibility index (Phi) is 7.79. The van der Waals surface area contributed by atoms with Crippen LogP contribution in [0.1, 0.15) is 22.0 Å². The van der Waals surface area contributed by atoms with Crippen LogP contribution < -0.4 is 26.8 Å². The minimum atomic E-state index is -0.728. The van der Waals surface area contributed by atoms with Gasteiger partial charge in [-0.15, -0.1) is 0 Å². The SMILES string of the molecule is Cc1nc(N)nc(-n2c(Nc3cc(O)cc(OC(=O)c4ccc5nc(Nc6cccc(O)c6)n(-c6nc(C)nc(N)n6)c5c4)c3)nc3ccccc32)n1. The van der Waals surface area contributed by atoms with Crippen molar-refractivity contribution in [2.75, 3.05) is 22.1 Å². The molecule has 0 saturated carbocycles. The van der Waals surface area contributed by atoms with E-state index in [1.54, 1.807) is 59.4 Å². The molecule has 0 fully saturated rings. The van der Waals surface area contributed by atoms with Crippen molar-refractivity contribution in [2.45, 2.75) is 13.8 Å². The van der Waals surface area contributed by atoms with Gasteiger partial charge in [-0.05, 0) is 56.3 Å². The molecule has 53 heavy (non-hydrogen) atoms. The third kappa shape index (κ3) is 6.45. The smallest absolute Gasteiger partial charge is 0.343 e. The van der Waals surface area contributed by atoms with E-state index in [1.807, 2.05) is 24.3 Å². The zero-order valence-electron chi connectivity index (χ0n) is 27.9. The Bertz CT molecular complexity index is 2690. The average molecular weight is 709 g/mol. The minimum Gasteiger partial charge on any atom is -0.508 e. The number of anilines is 6. The summed E-state index contributed by atoms with van der Waals surface area (Å²) in [5.74, 6) is 0.978. The second kappa shape index (κ2) is 12.8. The number of para-hydroxylation sites is 2. The quantitative estimate of drug-likeness (QED) is 0.0928. The Morgan fingerprint density at radius 1 is 0.623 bits per heavy atom. The number of nitrogens with zero attached hydrogens (tertiary/aromatic N) is 10. The van der Waals surface area contributed by atoms with Crippen molar-refractivity contribution in [3.05, 3.63) is 102 Å². The van der Waals surface area contributed by atoms with Gasteiger partial charge in [0.2, 0.25) is 35.7 Å². The van der Waals surface area contributed by atoms with Crippen LogP contribution in [0.15, 0.2) is 84.9 Å². The number of esters is 1. The van der Waals surface area contributed by atoms with Gasteiger partial charge in [0.25, 0.3) is 0 Å². The van der Waals surface area contributed by atoms with E-state index in [0.29, 0.717) is 51.0 Å². The summed E-state index contributed by atoms with van der Waals surface area (Å²) in [5, 5.41) is 27.0. The van der Waals surface area contributed by atoms with Crippen molar-refractivity contribution in [1.82, 2.24) is 49.0 Å². The molecule has 0 aliphatic rings. The van der Waals surface area contributed by atoms with Crippen LogP contribution >= 0.6 is 0 Å². The lowest BCUT2D eigenvalue weighted by Crippen LogP contribution is -2.11. The minimum absolute atomic E-state index is 0.00960. The second-order valence-electron chi connectivity index (χ2n) is 11.7. The molecule has 0 amide bonds. The van der Waals surface area contributed by atoms with Crippen molar-refractivity contribution >= 4 is 63.2 Å². The van der Waals surface area contributed by atoms with E-state index in [1.165, 1.54) is 24.3 Å². The fourth-order valence-corrected chi connectivity index (χ4v) is 5.70. The number of aromatic nitrogens is 10. The molecule has 0 aliphatic carbocycles. The third-order valence-corrected chi connectivity index (χ3v) is 7.82. The standard InChI is InChI=1S/C35H28N14O4/c1-17-38-30(36)46-32(40-17)48-27-9-4-3-8-25(27)44-35(48)43-21-14-23(51)16-24(15-21)53-29(52)19-10-11-26-28(12-19)49(33-41-18(2)39-31(37)47-33)34(45-26)42-20-6-5-7-22(50)13-20/h3-16,50-51H,1-2H3,(H,42,45)(H,43,44)(H2,36,38,40,46)(H2,37,39,41,47). The number of aromatic hydroxyl groups is 2. The Hall–Kier alpha value is -7.89. The summed E-state index contributed by atoms with van der Waals surface area (Å²) in [6.45, 7) is 3.37. The van der Waals surface area contributed by atoms with Gasteiger partial charge in [-0.1, -0.05) is 18.2 Å². The van der Waals surface area contributed by atoms with Gasteiger partial charge < -0.3 is 37.1 Å². The number of nitrogens with one attached hydrogen (secondary N) is 2. The van der Waals surface area contributed by atoms with E-state index in [9.17, 15) is 15.0 Å². The van der Waals surface area contributed by atoms with Crippen molar-refractivity contribution < 1.29 is 19.7 Å². The lowest BCUT2D eigenvalue weighted by Gasteiger charge is -2.12. The number of imidazole rings is 2. The number of rotatable bonds is 8. The monoisotopic (exact) mass is 708 g/mol. The van der Waals surface area contributed by atoms with Crippen molar-refractivity contribution in [3.63, 3.8) is 0 Å². The molecule has 18 heteroatoms. The predicted octanol–water partition coefficient (Wildman–Crippen LogP) is 4.63. The molecule has 0 saturated heterocycles. The maximum atomic E-state index is 13.6. The van der Waals surface area contributed by atoms with Crippen molar-refractivity contribution in [3.8, 4) is 29.1 Å². The lowest BCUT2D eigenvalue weighted by atomic mass is 10.2. The first-order chi connectivity index (χ1) is 25.6. The lowest BCUT2D eigenvalue weighted by molar-refractivity contribution is 0.0735. The summed E-state index contributed by atoms with van der Waals surface area (Å²) in [6, 6.07) is 22.9. The van der Waals surface area contributed by atoms with Gasteiger partial charge in [0, 0.05) is 35.6 Å². The summed E-state index contributed by atoms with van der Waals surface area (Å²) in [4.78, 5) is 48.6. The molecule has 0 bridgehead atoms. The first-order valence-electron chi connectivity index (χ1n) is 15.9. The number of ether oxygens (including phenoxy) is 1. The van der Waals surface area contributed by atoms with Gasteiger partial charge in [-0.3, -0.25) is 0 Å². The van der Waals surface area contributed by atoms with E-state index in [0.717, 1.165) is 0 Å². The van der Waals surface area contributed by atoms with Crippen LogP contribution in [-0.2, 0) is 0 Å². The highest BCUT2D eigenvalue weighted by molar-refractivity contribution is 5.96. The first kappa shape index (κ1) is 32.3. The Morgan fingerprint density at radius 3 is 1.92 bits per heavy atom. The van der Waals surface area contributed by atoms with Gasteiger partial charge in [-0.25, -0.2) is 23.9 Å². The summed E-state index contributed by atoms with van der Waals surface area (Å²) in [5.41, 5.74) is 15.2. The average Bonchev–Trinajstić information content (AvgIpc) is 3.64. The molecule has 0 aliphatic heterocycles. The van der Waals surface area contributed by atoms with Gasteiger partial charge in [0.1, 0.15) is 28.9 Å². The molecule has 4 heterocycles. The highest BCUT2D eigenvalue weighted by Gasteiger charge is 2.21. The van der Waals surface area contributed by atoms with E-state index >= 15 is 0 Å². The van der Waals surface area contributed by atoms with Crippen LogP contribution in [0.2, 0.25) is 0 Å². The number of nitrogens with two attached hydrogens (primary N) is 2. The highest BCUT2D eigenvalue weighted by atomic mass is 16.5. The predicted molar refractivity (Wildman–Crippen MR) is 195 cm³/mol. The topological polar surface area (TPSA) is 256 Å². The number of phenolic OH excluding ortho intramolecular Hbond substituents is 2. The van der Waals surface area contributed by atoms with Crippen LogP contribution in [-0.4, -0.2) is 65.2 Å². The fourth-order valence-electron chi connectivity index (χ4n) is 5.70. The van der Waals surface area contributed by atoms with E-state index in [4.69, 9.17) is 21.2 Å². The van der Waals surface area contributed by atoms with E-state index < -0.39 is 5.97 Å². The third-order valence-electron chi connectivity index (χ3n) is 7.82. The van der Waals surface area contributed by atoms with Crippen LogP contribution in [0, 0.1) is 13.8 Å². The second-order valence-corrected chi connectivity index (χ2v) is 11.7. The largest absolute Gasteiger partial charge is 0.508 e. The normalized spacial score (nSPS) is 11.2. The van der Waals surface area contributed by atoms with Gasteiger partial charge in [-0.2, -0.15) is 29.9 Å². The zero-order chi connectivity index (χ0) is 36.8. The molecule has 4 aromatic heterocycles. The van der Waals surface area contributed by atoms with Crippen molar-refractivity contribution in [1.29, 1.82) is 0 Å². The van der Waals surface area contributed by atoms with Crippen LogP contribution in [0.5, 0.6) is 17.2 Å². The van der Waals surface area contributed by atoms with Crippen molar-refractivity contribution in [2.24, 2.45) is 0 Å². The van der Waals surface area contributed by atoms with E-state index in [-0.39, 0.29) is 52.6 Å². The van der Waals surface area contributed by atoms with Gasteiger partial charge >= 0.3 is 5.97 Å². The summed E-state index contributed by atoms with van der Waals surface area (Å²) >= 11 is 0. The van der Waals surface area contributed by atoms with Gasteiger partial charge in [0.15, 0.2) is 0 Å². The first-order valence-corrected chi connectivity index (χ1v) is 15.9.